The van der Waals surface area contributed by atoms with Gasteiger partial charge in [0.25, 0.3) is 0 Å². The molecule has 1 aliphatic rings. The summed E-state index contributed by atoms with van der Waals surface area (Å²) >= 11 is 0. The number of nitrogens with one attached hydrogen (secondary N) is 2. The molecule has 6 heteroatoms. The summed E-state index contributed by atoms with van der Waals surface area (Å²) < 4.78 is 0. The molecule has 132 valence electrons. The summed E-state index contributed by atoms with van der Waals surface area (Å²) in [6.07, 6.45) is 2.01. The number of nitrogens with zero attached hydrogens (tertiary/aromatic N) is 1. The topological polar surface area (TPSA) is 44.4 Å². The van der Waals surface area contributed by atoms with E-state index in [4.69, 9.17) is 0 Å². The van der Waals surface area contributed by atoms with Crippen LogP contribution in [0.5, 0.6) is 0 Å². The van der Waals surface area contributed by atoms with Crippen molar-refractivity contribution in [3.05, 3.63) is 35.9 Å². The van der Waals surface area contributed by atoms with Gasteiger partial charge in [0.2, 0.25) is 5.91 Å². The lowest BCUT2D eigenvalue weighted by Gasteiger charge is -2.32. The summed E-state index contributed by atoms with van der Waals surface area (Å²) in [5, 5.41) is 6.66. The van der Waals surface area contributed by atoms with Crippen molar-refractivity contribution in [3.8, 4) is 0 Å². The third-order valence-electron chi connectivity index (χ3n) is 4.27. The van der Waals surface area contributed by atoms with Crippen LogP contribution in [0.3, 0.4) is 0 Å². The Balaban J connectivity index is 0.00000242. The summed E-state index contributed by atoms with van der Waals surface area (Å²) in [6, 6.07) is 10.6. The molecule has 1 amide bonds. The van der Waals surface area contributed by atoms with Crippen molar-refractivity contribution in [1.29, 1.82) is 0 Å². The molecule has 3 unspecified atom stereocenters. The number of likely N-dealkylation sites (N-methyl/N-ethyl adjacent to an activating group) is 1. The molecule has 0 aromatic heterocycles. The van der Waals surface area contributed by atoms with Crippen LogP contribution < -0.4 is 10.6 Å². The van der Waals surface area contributed by atoms with Crippen LogP contribution in [0.15, 0.2) is 30.3 Å². The number of halogens is 2. The van der Waals surface area contributed by atoms with Crippen LogP contribution in [0.4, 0.5) is 0 Å². The predicted octanol–water partition coefficient (Wildman–Crippen LogP) is 2.78. The van der Waals surface area contributed by atoms with E-state index in [2.05, 4.69) is 29.4 Å². The SMILES string of the molecule is CCN(C)C(C(=O)NC1CCNC(C)C1)c1ccccc1.Cl.Cl. The van der Waals surface area contributed by atoms with Crippen LogP contribution in [0.25, 0.3) is 0 Å². The van der Waals surface area contributed by atoms with Crippen molar-refractivity contribution in [2.45, 2.75) is 44.8 Å². The molecule has 1 heterocycles. The second kappa shape index (κ2) is 10.9. The Bertz CT molecular complexity index is 458. The Hall–Kier alpha value is -0.810. The minimum Gasteiger partial charge on any atom is -0.352 e. The lowest BCUT2D eigenvalue weighted by molar-refractivity contribution is -0.127. The molecule has 0 saturated carbocycles. The zero-order valence-electron chi connectivity index (χ0n) is 14.1. The molecule has 1 aliphatic heterocycles. The van der Waals surface area contributed by atoms with Crippen molar-refractivity contribution in [2.75, 3.05) is 20.1 Å². The molecule has 0 aliphatic carbocycles. The van der Waals surface area contributed by atoms with Crippen molar-refractivity contribution in [2.24, 2.45) is 0 Å². The molecular formula is C17H29Cl2N3O. The molecule has 0 bridgehead atoms. The number of amides is 1. The molecule has 0 radical (unpaired) electrons. The predicted molar refractivity (Wildman–Crippen MR) is 101 cm³/mol. The average molecular weight is 362 g/mol. The second-order valence-corrected chi connectivity index (χ2v) is 5.97. The van der Waals surface area contributed by atoms with Gasteiger partial charge < -0.3 is 10.6 Å². The van der Waals surface area contributed by atoms with Crippen LogP contribution in [0.1, 0.15) is 38.3 Å². The van der Waals surface area contributed by atoms with E-state index in [1.807, 2.05) is 37.4 Å². The maximum atomic E-state index is 12.7. The highest BCUT2D eigenvalue weighted by atomic mass is 35.5. The van der Waals surface area contributed by atoms with Gasteiger partial charge in [0.05, 0.1) is 0 Å². The van der Waals surface area contributed by atoms with Crippen molar-refractivity contribution in [3.63, 3.8) is 0 Å². The van der Waals surface area contributed by atoms with Crippen LogP contribution in [0.2, 0.25) is 0 Å². The lowest BCUT2D eigenvalue weighted by atomic mass is 9.99. The molecule has 1 fully saturated rings. The molecule has 2 N–H and O–H groups in total. The quantitative estimate of drug-likeness (QED) is 0.847. The Morgan fingerprint density at radius 2 is 2.00 bits per heavy atom. The zero-order valence-corrected chi connectivity index (χ0v) is 15.8. The van der Waals surface area contributed by atoms with E-state index in [-0.39, 0.29) is 42.8 Å². The van der Waals surface area contributed by atoms with Crippen molar-refractivity contribution in [1.82, 2.24) is 15.5 Å². The van der Waals surface area contributed by atoms with E-state index in [9.17, 15) is 4.79 Å². The smallest absolute Gasteiger partial charge is 0.242 e. The van der Waals surface area contributed by atoms with E-state index >= 15 is 0 Å². The fourth-order valence-corrected chi connectivity index (χ4v) is 2.97. The molecule has 0 spiro atoms. The molecule has 3 atom stereocenters. The Morgan fingerprint density at radius 3 is 2.57 bits per heavy atom. The van der Waals surface area contributed by atoms with Crippen LogP contribution >= 0.6 is 24.8 Å². The van der Waals surface area contributed by atoms with Gasteiger partial charge in [-0.1, -0.05) is 37.3 Å². The van der Waals surface area contributed by atoms with Crippen LogP contribution in [-0.2, 0) is 4.79 Å². The van der Waals surface area contributed by atoms with Gasteiger partial charge >= 0.3 is 0 Å². The van der Waals surface area contributed by atoms with E-state index in [0.29, 0.717) is 6.04 Å². The van der Waals surface area contributed by atoms with Crippen molar-refractivity contribution >= 4 is 30.7 Å². The Kier molecular flexibility index (Phi) is 10.5. The molecular weight excluding hydrogens is 333 g/mol. The lowest BCUT2D eigenvalue weighted by Crippen LogP contribution is -2.49. The number of hydrogen-bond donors (Lipinski definition) is 2. The van der Waals surface area contributed by atoms with Crippen LogP contribution in [-0.4, -0.2) is 43.0 Å². The number of benzene rings is 1. The van der Waals surface area contributed by atoms with Gasteiger partial charge in [-0.25, -0.2) is 0 Å². The minimum atomic E-state index is -0.207. The maximum Gasteiger partial charge on any atom is 0.242 e. The Morgan fingerprint density at radius 1 is 1.35 bits per heavy atom. The van der Waals surface area contributed by atoms with E-state index < -0.39 is 0 Å². The average Bonchev–Trinajstić information content (AvgIpc) is 2.48. The standard InChI is InChI=1S/C17H27N3O.2ClH/c1-4-20(3)16(14-8-6-5-7-9-14)17(21)19-15-10-11-18-13(2)12-15;;/h5-9,13,15-16,18H,4,10-12H2,1-3H3,(H,19,21);2*1H. The Labute approximate surface area is 152 Å². The highest BCUT2D eigenvalue weighted by molar-refractivity contribution is 5.85. The minimum absolute atomic E-state index is 0. The number of carbonyl (C=O) groups excluding carboxylic acids is 1. The summed E-state index contributed by atoms with van der Waals surface area (Å²) in [6.45, 7) is 6.07. The third-order valence-corrected chi connectivity index (χ3v) is 4.27. The summed E-state index contributed by atoms with van der Waals surface area (Å²) in [5.41, 5.74) is 1.06. The summed E-state index contributed by atoms with van der Waals surface area (Å²) in [4.78, 5) is 14.8. The number of piperidine rings is 1. The molecule has 1 saturated heterocycles. The van der Waals surface area contributed by atoms with Crippen LogP contribution in [0, 0.1) is 0 Å². The molecule has 4 nitrogen and oxygen atoms in total. The molecule has 2 rings (SSSR count). The fourth-order valence-electron chi connectivity index (χ4n) is 2.97. The monoisotopic (exact) mass is 361 g/mol. The van der Waals surface area contributed by atoms with Gasteiger partial charge in [-0.05, 0) is 45.5 Å². The largest absolute Gasteiger partial charge is 0.352 e. The highest BCUT2D eigenvalue weighted by Crippen LogP contribution is 2.20. The zero-order chi connectivity index (χ0) is 15.2. The summed E-state index contributed by atoms with van der Waals surface area (Å²) in [7, 11) is 2.00. The number of rotatable bonds is 5. The van der Waals surface area contributed by atoms with Gasteiger partial charge in [0, 0.05) is 12.1 Å². The third kappa shape index (κ3) is 6.30. The first-order valence-electron chi connectivity index (χ1n) is 7.90. The number of carbonyl (C=O) groups is 1. The van der Waals surface area contributed by atoms with E-state index in [1.165, 1.54) is 0 Å². The maximum absolute atomic E-state index is 12.7. The normalized spacial score (nSPS) is 21.7. The fraction of sp³-hybridized carbons (Fsp3) is 0.588. The highest BCUT2D eigenvalue weighted by Gasteiger charge is 2.27. The number of hydrogen-bond acceptors (Lipinski definition) is 3. The first-order valence-corrected chi connectivity index (χ1v) is 7.90. The van der Waals surface area contributed by atoms with Gasteiger partial charge in [-0.15, -0.1) is 24.8 Å². The molecule has 23 heavy (non-hydrogen) atoms. The van der Waals surface area contributed by atoms with Gasteiger partial charge in [0.15, 0.2) is 0 Å². The second-order valence-electron chi connectivity index (χ2n) is 5.97. The van der Waals surface area contributed by atoms with Crippen molar-refractivity contribution < 1.29 is 4.79 Å². The van der Waals surface area contributed by atoms with Gasteiger partial charge in [-0.3, -0.25) is 9.69 Å². The first kappa shape index (κ1) is 22.2. The van der Waals surface area contributed by atoms with E-state index in [1.54, 1.807) is 0 Å². The summed E-state index contributed by atoms with van der Waals surface area (Å²) in [5.74, 6) is 0.115. The van der Waals surface area contributed by atoms with Gasteiger partial charge in [-0.2, -0.15) is 0 Å². The van der Waals surface area contributed by atoms with Gasteiger partial charge in [0.1, 0.15) is 6.04 Å². The van der Waals surface area contributed by atoms with E-state index in [0.717, 1.165) is 31.5 Å². The molecule has 1 aromatic rings. The first-order chi connectivity index (χ1) is 10.1. The molecule has 1 aromatic carbocycles.